The van der Waals surface area contributed by atoms with Crippen molar-refractivity contribution in [1.82, 2.24) is 9.97 Å². The minimum atomic E-state index is -4.82. The second-order valence-electron chi connectivity index (χ2n) is 7.87. The Morgan fingerprint density at radius 2 is 1.85 bits per heavy atom. The van der Waals surface area contributed by atoms with Crippen LogP contribution in [0.2, 0.25) is 0 Å². The number of carbonyl (C=O) groups excluding carboxylic acids is 1. The molecule has 1 aliphatic carbocycles. The fraction of sp³-hybridized carbons (Fsp3) is 0.227. The molecule has 1 fully saturated rings. The number of alkyl halides is 3. The zero-order valence-electron chi connectivity index (χ0n) is 17.7. The van der Waals surface area contributed by atoms with Gasteiger partial charge in [0.1, 0.15) is 11.5 Å². The van der Waals surface area contributed by atoms with Gasteiger partial charge in [-0.3, -0.25) is 9.78 Å². The molecular weight excluding hydrogens is 566 g/mol. The SMILES string of the molecule is Cc1cncc(NC2(c3cccc(NC(=O)c4cc([NH+]([O-])[O-])cc(C(F)(F)F)c4)c3)CC2)n1.[I-]. The summed E-state index contributed by atoms with van der Waals surface area (Å²) in [7, 11) is 0. The topological polar surface area (TPSA) is 117 Å². The van der Waals surface area contributed by atoms with Crippen molar-refractivity contribution in [2.24, 2.45) is 0 Å². The number of carbonyl (C=O) groups is 1. The van der Waals surface area contributed by atoms with Crippen LogP contribution in [0, 0.1) is 17.3 Å². The van der Waals surface area contributed by atoms with Crippen LogP contribution in [0.1, 0.15) is 40.0 Å². The quantitative estimate of drug-likeness (QED) is 0.290. The van der Waals surface area contributed by atoms with E-state index in [0.717, 1.165) is 30.2 Å². The molecule has 8 nitrogen and oxygen atoms in total. The van der Waals surface area contributed by atoms with E-state index >= 15 is 0 Å². The maximum atomic E-state index is 13.1. The van der Waals surface area contributed by atoms with Gasteiger partial charge in [0.15, 0.2) is 0 Å². The van der Waals surface area contributed by atoms with E-state index in [1.807, 2.05) is 13.0 Å². The van der Waals surface area contributed by atoms with Gasteiger partial charge in [-0.25, -0.2) is 4.98 Å². The molecule has 4 rings (SSSR count). The summed E-state index contributed by atoms with van der Waals surface area (Å²) in [5.41, 5.74) is -0.830. The van der Waals surface area contributed by atoms with Crippen LogP contribution in [0.25, 0.3) is 0 Å². The number of hydrogen-bond acceptors (Lipinski definition) is 6. The Balaban J connectivity index is 0.00000324. The summed E-state index contributed by atoms with van der Waals surface area (Å²) >= 11 is 0. The first kappa shape index (κ1) is 25.8. The lowest BCUT2D eigenvalue weighted by molar-refractivity contribution is -0.715. The molecule has 1 amide bonds. The maximum Gasteiger partial charge on any atom is 0.416 e. The van der Waals surface area contributed by atoms with Crippen LogP contribution < -0.4 is 39.8 Å². The highest BCUT2D eigenvalue weighted by Gasteiger charge is 2.45. The highest BCUT2D eigenvalue weighted by molar-refractivity contribution is 6.04. The van der Waals surface area contributed by atoms with Gasteiger partial charge in [-0.05, 0) is 43.5 Å². The predicted molar refractivity (Wildman–Crippen MR) is 114 cm³/mol. The number of aromatic nitrogens is 2. The standard InChI is InChI=1S/C22H19F3N5O3.HI/c1-13-11-26-12-19(27-13)29-21(5-6-21)15-3-2-4-17(9-15)28-20(31)14-7-16(22(23,24)25)10-18(8-14)30(32)33;/h2-4,7-12,30H,5-6H2,1H3,(H,27,29)(H,28,31);1H/q-1;/p-1. The molecule has 3 N–H and O–H groups in total. The van der Waals surface area contributed by atoms with Crippen LogP contribution in [-0.4, -0.2) is 15.9 Å². The zero-order valence-corrected chi connectivity index (χ0v) is 19.9. The van der Waals surface area contributed by atoms with E-state index in [0.29, 0.717) is 23.6 Å². The van der Waals surface area contributed by atoms with Crippen molar-refractivity contribution in [2.75, 3.05) is 10.6 Å². The minimum Gasteiger partial charge on any atom is -1.00 e. The fourth-order valence-corrected chi connectivity index (χ4v) is 3.52. The Bertz CT molecular complexity index is 1200. The van der Waals surface area contributed by atoms with E-state index in [1.165, 1.54) is 0 Å². The van der Waals surface area contributed by atoms with Crippen molar-refractivity contribution in [1.29, 1.82) is 0 Å². The number of benzene rings is 2. The number of hydrogen-bond donors (Lipinski definition) is 3. The van der Waals surface area contributed by atoms with Crippen molar-refractivity contribution < 1.29 is 47.2 Å². The Morgan fingerprint density at radius 1 is 1.12 bits per heavy atom. The fourth-order valence-electron chi connectivity index (χ4n) is 3.52. The number of nitrogens with one attached hydrogen (secondary N) is 3. The average Bonchev–Trinajstić information content (AvgIpc) is 3.53. The average molecular weight is 585 g/mol. The van der Waals surface area contributed by atoms with Crippen LogP contribution in [0.4, 0.5) is 30.4 Å². The second kappa shape index (κ2) is 9.82. The highest BCUT2D eigenvalue weighted by atomic mass is 127. The monoisotopic (exact) mass is 585 g/mol. The lowest BCUT2D eigenvalue weighted by Crippen LogP contribution is -3.00. The van der Waals surface area contributed by atoms with Crippen LogP contribution >= 0.6 is 0 Å². The van der Waals surface area contributed by atoms with E-state index in [9.17, 15) is 28.4 Å². The maximum absolute atomic E-state index is 13.1. The Morgan fingerprint density at radius 3 is 2.47 bits per heavy atom. The van der Waals surface area contributed by atoms with Gasteiger partial charge < -0.3 is 50.3 Å². The zero-order chi connectivity index (χ0) is 23.8. The number of aryl methyl sites for hydroxylation is 1. The Hall–Kier alpha value is -2.81. The van der Waals surface area contributed by atoms with Crippen molar-refractivity contribution in [2.45, 2.75) is 31.5 Å². The van der Waals surface area contributed by atoms with Crippen LogP contribution in [0.15, 0.2) is 54.9 Å². The molecule has 34 heavy (non-hydrogen) atoms. The molecule has 0 bridgehead atoms. The molecule has 1 heterocycles. The summed E-state index contributed by atoms with van der Waals surface area (Å²) in [5, 5.41) is 26.3. The molecule has 0 spiro atoms. The van der Waals surface area contributed by atoms with E-state index in [1.54, 1.807) is 30.6 Å². The van der Waals surface area contributed by atoms with Gasteiger partial charge in [0.25, 0.3) is 5.91 Å². The Labute approximate surface area is 209 Å². The minimum absolute atomic E-state index is 0. The van der Waals surface area contributed by atoms with Gasteiger partial charge in [-0.15, -0.1) is 0 Å². The summed E-state index contributed by atoms with van der Waals surface area (Å²) in [6.45, 7) is 1.83. The molecule has 0 radical (unpaired) electrons. The Kier molecular flexibility index (Phi) is 7.45. The third-order valence-corrected chi connectivity index (χ3v) is 5.30. The van der Waals surface area contributed by atoms with Crippen molar-refractivity contribution in [3.8, 4) is 0 Å². The number of quaternary nitrogens is 1. The molecule has 12 heteroatoms. The molecule has 0 unspecified atom stereocenters. The third kappa shape index (κ3) is 5.81. The van der Waals surface area contributed by atoms with Crippen molar-refractivity contribution in [3.63, 3.8) is 0 Å². The van der Waals surface area contributed by atoms with Gasteiger partial charge in [0, 0.05) is 29.6 Å². The first-order valence-corrected chi connectivity index (χ1v) is 9.98. The van der Waals surface area contributed by atoms with Gasteiger partial charge in [0.2, 0.25) is 0 Å². The van der Waals surface area contributed by atoms with Crippen LogP contribution in [0.5, 0.6) is 0 Å². The summed E-state index contributed by atoms with van der Waals surface area (Å²) in [4.78, 5) is 21.2. The molecular formula is C22H19F3IN5O3-2. The number of halogens is 4. The van der Waals surface area contributed by atoms with E-state index < -0.39 is 34.1 Å². The third-order valence-electron chi connectivity index (χ3n) is 5.30. The molecule has 0 aliphatic heterocycles. The predicted octanol–water partition coefficient (Wildman–Crippen LogP) is 0.673. The molecule has 3 aromatic rings. The van der Waals surface area contributed by atoms with Gasteiger partial charge in [0.05, 0.1) is 23.0 Å². The largest absolute Gasteiger partial charge is 1.00 e. The lowest BCUT2D eigenvalue weighted by Gasteiger charge is -2.26. The summed E-state index contributed by atoms with van der Waals surface area (Å²) in [5.74, 6) is -0.260. The van der Waals surface area contributed by atoms with Crippen molar-refractivity contribution >= 4 is 23.1 Å². The second-order valence-corrected chi connectivity index (χ2v) is 7.87. The normalized spacial score (nSPS) is 14.3. The molecule has 1 aromatic heterocycles. The molecule has 1 aliphatic rings. The number of rotatable bonds is 6. The van der Waals surface area contributed by atoms with Crippen LogP contribution in [-0.2, 0) is 11.7 Å². The van der Waals surface area contributed by atoms with E-state index in [-0.39, 0.29) is 29.5 Å². The molecule has 1 saturated carbocycles. The van der Waals surface area contributed by atoms with E-state index in [2.05, 4.69) is 20.6 Å². The van der Waals surface area contributed by atoms with Gasteiger partial charge >= 0.3 is 6.18 Å². The summed E-state index contributed by atoms with van der Waals surface area (Å²) in [6, 6.07) is 8.79. The summed E-state index contributed by atoms with van der Waals surface area (Å²) < 4.78 is 39.4. The first-order valence-electron chi connectivity index (χ1n) is 9.98. The smallest absolute Gasteiger partial charge is 0.416 e. The molecule has 0 atom stereocenters. The van der Waals surface area contributed by atoms with E-state index in [4.69, 9.17) is 0 Å². The molecule has 180 valence electrons. The molecule has 0 saturated heterocycles. The first-order chi connectivity index (χ1) is 15.6. The molecule has 2 aromatic carbocycles. The number of amides is 1. The number of anilines is 2. The van der Waals surface area contributed by atoms with Gasteiger partial charge in [-0.2, -0.15) is 13.2 Å². The summed E-state index contributed by atoms with van der Waals surface area (Å²) in [6.07, 6.45) is 0.0795. The highest BCUT2D eigenvalue weighted by Crippen LogP contribution is 2.48. The number of nitrogens with zero attached hydrogens (tertiary/aromatic N) is 2. The lowest BCUT2D eigenvalue weighted by atomic mass is 10.0. The van der Waals surface area contributed by atoms with Crippen LogP contribution in [0.3, 0.4) is 0 Å². The van der Waals surface area contributed by atoms with Crippen molar-refractivity contribution in [3.05, 3.63) is 87.7 Å². The van der Waals surface area contributed by atoms with Gasteiger partial charge in [-0.1, -0.05) is 12.1 Å².